The molecule has 1 atom stereocenters. The van der Waals surface area contributed by atoms with Gasteiger partial charge in [-0.2, -0.15) is 0 Å². The van der Waals surface area contributed by atoms with E-state index in [1.54, 1.807) is 7.11 Å². The van der Waals surface area contributed by atoms with E-state index in [0.29, 0.717) is 25.9 Å². The van der Waals surface area contributed by atoms with Gasteiger partial charge in [-0.1, -0.05) is 0 Å². The Hall–Kier alpha value is -0.650. The number of carbonyl (C=O) groups is 1. The lowest BCUT2D eigenvalue weighted by Gasteiger charge is -2.29. The van der Waals surface area contributed by atoms with Gasteiger partial charge in [0.2, 0.25) is 0 Å². The highest BCUT2D eigenvalue weighted by atomic mass is 16.5. The zero-order valence-corrected chi connectivity index (χ0v) is 13.5. The summed E-state index contributed by atoms with van der Waals surface area (Å²) in [6, 6.07) is 0.420. The molecule has 1 N–H and O–H groups in total. The molecular formula is C15H29NO4. The van der Waals surface area contributed by atoms with Crippen molar-refractivity contribution in [3.8, 4) is 0 Å². The van der Waals surface area contributed by atoms with E-state index < -0.39 is 5.54 Å². The van der Waals surface area contributed by atoms with E-state index in [4.69, 9.17) is 14.2 Å². The molecule has 1 unspecified atom stereocenters. The van der Waals surface area contributed by atoms with E-state index in [-0.39, 0.29) is 11.6 Å². The predicted octanol–water partition coefficient (Wildman–Crippen LogP) is 1.89. The third-order valence-corrected chi connectivity index (χ3v) is 3.62. The smallest absolute Gasteiger partial charge is 0.328 e. The lowest BCUT2D eigenvalue weighted by Crippen LogP contribution is -2.55. The van der Waals surface area contributed by atoms with Gasteiger partial charge in [0.15, 0.2) is 0 Å². The van der Waals surface area contributed by atoms with E-state index in [9.17, 15) is 4.79 Å². The van der Waals surface area contributed by atoms with Crippen molar-refractivity contribution in [2.45, 2.75) is 64.1 Å². The van der Waals surface area contributed by atoms with Crippen LogP contribution >= 0.6 is 0 Å². The van der Waals surface area contributed by atoms with Crippen molar-refractivity contribution in [2.24, 2.45) is 0 Å². The van der Waals surface area contributed by atoms with Crippen molar-refractivity contribution in [1.82, 2.24) is 5.32 Å². The Morgan fingerprint density at radius 1 is 1.30 bits per heavy atom. The summed E-state index contributed by atoms with van der Waals surface area (Å²) in [5.74, 6) is -0.238. The quantitative estimate of drug-likeness (QED) is 0.491. The Morgan fingerprint density at radius 2 is 1.95 bits per heavy atom. The second-order valence-electron chi connectivity index (χ2n) is 6.24. The van der Waals surface area contributed by atoms with Crippen molar-refractivity contribution < 1.29 is 19.0 Å². The van der Waals surface area contributed by atoms with E-state index >= 15 is 0 Å². The van der Waals surface area contributed by atoms with Gasteiger partial charge in [-0.3, -0.25) is 5.32 Å². The Balaban J connectivity index is 2.42. The Bertz CT molecular complexity index is 315. The van der Waals surface area contributed by atoms with Gasteiger partial charge in [0.25, 0.3) is 0 Å². The number of hydrogen-bond donors (Lipinski definition) is 1. The SMILES string of the molecule is CCOC(=O)C(C)(COCCC(C)(C)OC)NC1CC1. The first kappa shape index (κ1) is 17.4. The fraction of sp³-hybridized carbons (Fsp3) is 0.933. The number of nitrogens with one attached hydrogen (secondary N) is 1. The largest absolute Gasteiger partial charge is 0.465 e. The van der Waals surface area contributed by atoms with E-state index in [0.717, 1.165) is 19.3 Å². The molecular weight excluding hydrogens is 258 g/mol. The average molecular weight is 287 g/mol. The fourth-order valence-electron chi connectivity index (χ4n) is 1.82. The van der Waals surface area contributed by atoms with Crippen LogP contribution in [0.3, 0.4) is 0 Å². The molecule has 1 aliphatic carbocycles. The van der Waals surface area contributed by atoms with E-state index in [2.05, 4.69) is 5.32 Å². The molecule has 0 amide bonds. The van der Waals surface area contributed by atoms with Gasteiger partial charge >= 0.3 is 5.97 Å². The maximum Gasteiger partial charge on any atom is 0.328 e. The molecule has 0 aromatic rings. The zero-order valence-electron chi connectivity index (χ0n) is 13.5. The van der Waals surface area contributed by atoms with Gasteiger partial charge in [-0.25, -0.2) is 4.79 Å². The van der Waals surface area contributed by atoms with Crippen LogP contribution in [0.25, 0.3) is 0 Å². The number of esters is 1. The Kier molecular flexibility index (Phi) is 6.43. The molecule has 0 radical (unpaired) electrons. The van der Waals surface area contributed by atoms with Crippen LogP contribution in [0.2, 0.25) is 0 Å². The Labute approximate surface area is 122 Å². The molecule has 0 spiro atoms. The highest BCUT2D eigenvalue weighted by Crippen LogP contribution is 2.23. The van der Waals surface area contributed by atoms with E-state index in [1.165, 1.54) is 0 Å². The molecule has 0 aromatic carbocycles. The average Bonchev–Trinajstić information content (AvgIpc) is 3.19. The summed E-state index contributed by atoms with van der Waals surface area (Å²) in [5, 5.41) is 3.33. The number of methoxy groups -OCH3 is 1. The van der Waals surface area contributed by atoms with E-state index in [1.807, 2.05) is 27.7 Å². The lowest BCUT2D eigenvalue weighted by molar-refractivity contribution is -0.153. The number of carbonyl (C=O) groups excluding carboxylic acids is 1. The molecule has 0 aliphatic heterocycles. The van der Waals surface area contributed by atoms with Gasteiger partial charge in [0.05, 0.1) is 18.8 Å². The molecule has 0 heterocycles. The lowest BCUT2D eigenvalue weighted by atomic mass is 10.0. The second-order valence-corrected chi connectivity index (χ2v) is 6.24. The van der Waals surface area contributed by atoms with Gasteiger partial charge in [0.1, 0.15) is 5.54 Å². The monoisotopic (exact) mass is 287 g/mol. The molecule has 1 aliphatic rings. The number of ether oxygens (including phenoxy) is 3. The summed E-state index contributed by atoms with van der Waals surface area (Å²) in [7, 11) is 1.69. The van der Waals surface area contributed by atoms with Gasteiger partial charge in [0, 0.05) is 19.8 Å². The van der Waals surface area contributed by atoms with Crippen molar-refractivity contribution >= 4 is 5.97 Å². The molecule has 20 heavy (non-hydrogen) atoms. The normalized spacial score (nSPS) is 18.6. The minimum absolute atomic E-state index is 0.204. The van der Waals surface area contributed by atoms with Crippen LogP contribution in [0.5, 0.6) is 0 Å². The first-order valence-corrected chi connectivity index (χ1v) is 7.41. The van der Waals surface area contributed by atoms with Crippen LogP contribution in [0.15, 0.2) is 0 Å². The van der Waals surface area contributed by atoms with Crippen molar-refractivity contribution in [3.05, 3.63) is 0 Å². The van der Waals surface area contributed by atoms with Crippen LogP contribution in [0.1, 0.15) is 47.0 Å². The van der Waals surface area contributed by atoms with Crippen LogP contribution < -0.4 is 5.32 Å². The highest BCUT2D eigenvalue weighted by Gasteiger charge is 2.40. The van der Waals surface area contributed by atoms with Gasteiger partial charge in [-0.05, 0) is 47.0 Å². The van der Waals surface area contributed by atoms with Crippen LogP contribution in [-0.4, -0.2) is 50.1 Å². The Morgan fingerprint density at radius 3 is 2.45 bits per heavy atom. The topological polar surface area (TPSA) is 56.8 Å². The molecule has 0 bridgehead atoms. The summed E-state index contributed by atoms with van der Waals surface area (Å²) in [6.45, 7) is 8.97. The minimum atomic E-state index is -0.756. The minimum Gasteiger partial charge on any atom is -0.465 e. The summed E-state index contributed by atoms with van der Waals surface area (Å²) >= 11 is 0. The maximum atomic E-state index is 12.1. The fourth-order valence-corrected chi connectivity index (χ4v) is 1.82. The molecule has 1 saturated carbocycles. The molecule has 118 valence electrons. The van der Waals surface area contributed by atoms with Crippen molar-refractivity contribution in [3.63, 3.8) is 0 Å². The first-order chi connectivity index (χ1) is 9.33. The van der Waals surface area contributed by atoms with Crippen LogP contribution in [0.4, 0.5) is 0 Å². The molecule has 1 rings (SSSR count). The molecule has 5 nitrogen and oxygen atoms in total. The third-order valence-electron chi connectivity index (χ3n) is 3.62. The van der Waals surface area contributed by atoms with Gasteiger partial charge in [-0.15, -0.1) is 0 Å². The summed E-state index contributed by atoms with van der Waals surface area (Å²) < 4.78 is 16.2. The number of rotatable bonds is 10. The number of hydrogen-bond acceptors (Lipinski definition) is 5. The van der Waals surface area contributed by atoms with Crippen LogP contribution in [0, 0.1) is 0 Å². The zero-order chi connectivity index (χ0) is 15.2. The molecule has 1 fully saturated rings. The summed E-state index contributed by atoms with van der Waals surface area (Å²) in [6.07, 6.45) is 3.02. The van der Waals surface area contributed by atoms with Crippen molar-refractivity contribution in [2.75, 3.05) is 26.9 Å². The summed E-state index contributed by atoms with van der Waals surface area (Å²) in [5.41, 5.74) is -0.960. The van der Waals surface area contributed by atoms with Crippen molar-refractivity contribution in [1.29, 1.82) is 0 Å². The van der Waals surface area contributed by atoms with Crippen LogP contribution in [-0.2, 0) is 19.0 Å². The maximum absolute atomic E-state index is 12.1. The van der Waals surface area contributed by atoms with Gasteiger partial charge < -0.3 is 14.2 Å². The standard InChI is InChI=1S/C15H29NO4/c1-6-20-13(17)15(4,16-12-7-8-12)11-19-10-9-14(2,3)18-5/h12,16H,6-11H2,1-5H3. The molecule has 0 aromatic heterocycles. The molecule has 0 saturated heterocycles. The third kappa shape index (κ3) is 5.77. The molecule has 5 heteroatoms. The highest BCUT2D eigenvalue weighted by molar-refractivity contribution is 5.80. The predicted molar refractivity (Wildman–Crippen MR) is 77.7 cm³/mol. The summed E-state index contributed by atoms with van der Waals surface area (Å²) in [4.78, 5) is 12.1. The second kappa shape index (κ2) is 7.38. The first-order valence-electron chi connectivity index (χ1n) is 7.41.